The molecule has 110 valence electrons. The van der Waals surface area contributed by atoms with Crippen LogP contribution in [0.1, 0.15) is 37.2 Å². The van der Waals surface area contributed by atoms with E-state index in [0.717, 1.165) is 23.1 Å². The molecule has 2 aliphatic carbocycles. The molecule has 1 aromatic carbocycles. The maximum atomic E-state index is 10.8. The molecule has 3 heteroatoms. The lowest BCUT2D eigenvalue weighted by atomic mass is 9.89. The highest BCUT2D eigenvalue weighted by Crippen LogP contribution is 2.58. The normalized spacial score (nSPS) is 31.2. The number of rotatable bonds is 5. The summed E-state index contributed by atoms with van der Waals surface area (Å²) < 4.78 is 5.28. The van der Waals surface area contributed by atoms with Crippen molar-refractivity contribution < 1.29 is 9.84 Å². The van der Waals surface area contributed by atoms with Gasteiger partial charge in [-0.2, -0.15) is 0 Å². The minimum atomic E-state index is -0.305. The average molecular weight is 275 g/mol. The Labute approximate surface area is 121 Å². The lowest BCUT2D eigenvalue weighted by Crippen LogP contribution is -2.28. The third-order valence-electron chi connectivity index (χ3n) is 5.31. The van der Waals surface area contributed by atoms with Gasteiger partial charge in [0.25, 0.3) is 0 Å². The maximum Gasteiger partial charge on any atom is 0.119 e. The Balaban J connectivity index is 1.75. The van der Waals surface area contributed by atoms with E-state index >= 15 is 0 Å². The first-order valence-corrected chi connectivity index (χ1v) is 7.78. The van der Waals surface area contributed by atoms with Crippen LogP contribution < -0.4 is 10.5 Å². The number of aliphatic hydroxyl groups excluding tert-OH is 1. The zero-order valence-electron chi connectivity index (χ0n) is 12.2. The molecule has 4 atom stereocenters. The Morgan fingerprint density at radius 1 is 1.30 bits per heavy atom. The molecule has 2 fully saturated rings. The molecule has 0 amide bonds. The summed E-state index contributed by atoms with van der Waals surface area (Å²) in [6.07, 6.45) is 4.94. The Bertz CT molecular complexity index is 450. The first-order chi connectivity index (χ1) is 9.76. The third-order valence-corrected chi connectivity index (χ3v) is 5.31. The van der Waals surface area contributed by atoms with E-state index < -0.39 is 0 Å². The number of benzene rings is 1. The first kappa shape index (κ1) is 13.9. The fourth-order valence-corrected chi connectivity index (χ4v) is 4.17. The minimum absolute atomic E-state index is 0.0284. The van der Waals surface area contributed by atoms with Gasteiger partial charge in [0.15, 0.2) is 0 Å². The van der Waals surface area contributed by atoms with Crippen LogP contribution in [0.3, 0.4) is 0 Å². The lowest BCUT2D eigenvalue weighted by molar-refractivity contribution is 0.112. The van der Waals surface area contributed by atoms with Gasteiger partial charge in [0.05, 0.1) is 13.2 Å². The van der Waals surface area contributed by atoms with Crippen LogP contribution in [-0.2, 0) is 0 Å². The molecule has 2 aliphatic rings. The summed E-state index contributed by atoms with van der Waals surface area (Å²) in [6.45, 7) is 0.490. The SMILES string of the molecule is COc1cccc(C(CN)C(O)C2C3CCCCC32)c1. The van der Waals surface area contributed by atoms with E-state index in [0.29, 0.717) is 12.5 Å². The van der Waals surface area contributed by atoms with Gasteiger partial charge in [-0.15, -0.1) is 0 Å². The number of fused-ring (bicyclic) bond motifs is 1. The second kappa shape index (κ2) is 5.74. The van der Waals surface area contributed by atoms with E-state index in [4.69, 9.17) is 10.5 Å². The van der Waals surface area contributed by atoms with Crippen LogP contribution in [0.5, 0.6) is 5.75 Å². The highest BCUT2D eigenvalue weighted by molar-refractivity contribution is 5.32. The van der Waals surface area contributed by atoms with E-state index in [9.17, 15) is 5.11 Å². The molecule has 2 saturated carbocycles. The van der Waals surface area contributed by atoms with Crippen LogP contribution in [0.2, 0.25) is 0 Å². The van der Waals surface area contributed by atoms with Crippen molar-refractivity contribution >= 4 is 0 Å². The second-order valence-electron chi connectivity index (χ2n) is 6.30. The van der Waals surface area contributed by atoms with Crippen LogP contribution in [0.4, 0.5) is 0 Å². The van der Waals surface area contributed by atoms with Gasteiger partial charge in [-0.05, 0) is 48.3 Å². The Morgan fingerprint density at radius 3 is 2.60 bits per heavy atom. The third kappa shape index (κ3) is 2.45. The zero-order chi connectivity index (χ0) is 14.1. The van der Waals surface area contributed by atoms with Crippen molar-refractivity contribution in [1.82, 2.24) is 0 Å². The summed E-state index contributed by atoms with van der Waals surface area (Å²) in [5.41, 5.74) is 7.05. The predicted molar refractivity (Wildman–Crippen MR) is 79.7 cm³/mol. The van der Waals surface area contributed by atoms with Crippen LogP contribution in [0, 0.1) is 17.8 Å². The van der Waals surface area contributed by atoms with Crippen LogP contribution in [0.15, 0.2) is 24.3 Å². The fourth-order valence-electron chi connectivity index (χ4n) is 4.17. The molecule has 0 heterocycles. The number of methoxy groups -OCH3 is 1. The summed E-state index contributed by atoms with van der Waals surface area (Å²) in [5.74, 6) is 2.83. The molecule has 3 nitrogen and oxygen atoms in total. The molecular formula is C17H25NO2. The second-order valence-corrected chi connectivity index (χ2v) is 6.30. The highest BCUT2D eigenvalue weighted by atomic mass is 16.5. The molecule has 0 aromatic heterocycles. The van der Waals surface area contributed by atoms with Crippen molar-refractivity contribution in [3.05, 3.63) is 29.8 Å². The topological polar surface area (TPSA) is 55.5 Å². The van der Waals surface area contributed by atoms with Crippen molar-refractivity contribution in [1.29, 1.82) is 0 Å². The van der Waals surface area contributed by atoms with Gasteiger partial charge in [-0.1, -0.05) is 25.0 Å². The van der Waals surface area contributed by atoms with Gasteiger partial charge in [0.2, 0.25) is 0 Å². The van der Waals surface area contributed by atoms with E-state index in [1.54, 1.807) is 7.11 Å². The lowest BCUT2D eigenvalue weighted by Gasteiger charge is -2.23. The summed E-state index contributed by atoms with van der Waals surface area (Å²) in [7, 11) is 1.67. The molecule has 0 saturated heterocycles. The monoisotopic (exact) mass is 275 g/mol. The summed E-state index contributed by atoms with van der Waals surface area (Å²) in [6, 6.07) is 7.96. The van der Waals surface area contributed by atoms with Crippen molar-refractivity contribution in [3.8, 4) is 5.75 Å². The molecule has 3 N–H and O–H groups in total. The van der Waals surface area contributed by atoms with E-state index in [1.165, 1.54) is 25.7 Å². The highest BCUT2D eigenvalue weighted by Gasteiger charge is 2.55. The molecule has 3 rings (SSSR count). The Hall–Kier alpha value is -1.06. The number of hydrogen-bond acceptors (Lipinski definition) is 3. The van der Waals surface area contributed by atoms with E-state index in [-0.39, 0.29) is 12.0 Å². The molecule has 0 radical (unpaired) electrons. The average Bonchev–Trinajstić information content (AvgIpc) is 3.22. The smallest absolute Gasteiger partial charge is 0.119 e. The molecular weight excluding hydrogens is 250 g/mol. The van der Waals surface area contributed by atoms with E-state index in [2.05, 4.69) is 6.07 Å². The number of ether oxygens (including phenoxy) is 1. The van der Waals surface area contributed by atoms with Crippen LogP contribution in [0.25, 0.3) is 0 Å². The molecule has 20 heavy (non-hydrogen) atoms. The van der Waals surface area contributed by atoms with Crippen molar-refractivity contribution in [2.75, 3.05) is 13.7 Å². The van der Waals surface area contributed by atoms with Gasteiger partial charge in [0, 0.05) is 12.5 Å². The predicted octanol–water partition coefficient (Wildman–Crippen LogP) is 2.53. The Kier molecular flexibility index (Phi) is 3.99. The van der Waals surface area contributed by atoms with Gasteiger partial charge >= 0.3 is 0 Å². The van der Waals surface area contributed by atoms with Crippen molar-refractivity contribution in [2.45, 2.75) is 37.7 Å². The molecule has 0 bridgehead atoms. The van der Waals surface area contributed by atoms with Gasteiger partial charge in [-0.25, -0.2) is 0 Å². The zero-order valence-corrected chi connectivity index (χ0v) is 12.2. The number of hydrogen-bond donors (Lipinski definition) is 2. The largest absolute Gasteiger partial charge is 0.497 e. The van der Waals surface area contributed by atoms with Crippen LogP contribution in [-0.4, -0.2) is 24.9 Å². The van der Waals surface area contributed by atoms with E-state index in [1.807, 2.05) is 18.2 Å². The molecule has 0 aliphatic heterocycles. The van der Waals surface area contributed by atoms with Gasteiger partial charge in [0.1, 0.15) is 5.75 Å². The van der Waals surface area contributed by atoms with Crippen LogP contribution >= 0.6 is 0 Å². The van der Waals surface area contributed by atoms with Crippen molar-refractivity contribution in [2.24, 2.45) is 23.5 Å². The molecule has 1 aromatic rings. The summed E-state index contributed by atoms with van der Waals surface area (Å²) >= 11 is 0. The Morgan fingerprint density at radius 2 is 2.00 bits per heavy atom. The van der Waals surface area contributed by atoms with Crippen molar-refractivity contribution in [3.63, 3.8) is 0 Å². The summed E-state index contributed by atoms with van der Waals surface area (Å²) in [4.78, 5) is 0. The molecule has 4 unspecified atom stereocenters. The standard InChI is InChI=1S/C17H25NO2/c1-20-12-6-4-5-11(9-12)15(10-18)17(19)16-13-7-2-3-8-14(13)16/h4-6,9,13-17,19H,2-3,7-8,10,18H2,1H3. The first-order valence-electron chi connectivity index (χ1n) is 7.78. The quantitative estimate of drug-likeness (QED) is 0.868. The summed E-state index contributed by atoms with van der Waals surface area (Å²) in [5, 5.41) is 10.8. The number of nitrogens with two attached hydrogens (primary N) is 1. The fraction of sp³-hybridized carbons (Fsp3) is 0.647. The van der Waals surface area contributed by atoms with Gasteiger partial charge < -0.3 is 15.6 Å². The van der Waals surface area contributed by atoms with Gasteiger partial charge in [-0.3, -0.25) is 0 Å². The number of aliphatic hydroxyl groups is 1. The molecule has 0 spiro atoms. The maximum absolute atomic E-state index is 10.8. The minimum Gasteiger partial charge on any atom is -0.497 e.